The first-order chi connectivity index (χ1) is 10.8. The first-order valence-electron chi connectivity index (χ1n) is 8.22. The molecule has 1 atom stereocenters. The van der Waals surface area contributed by atoms with Crippen molar-refractivity contribution in [3.63, 3.8) is 0 Å². The number of carbonyl (C=O) groups excluding carboxylic acids is 1. The van der Waals surface area contributed by atoms with Gasteiger partial charge >= 0.3 is 0 Å². The van der Waals surface area contributed by atoms with E-state index in [-0.39, 0.29) is 5.91 Å². The maximum Gasteiger partial charge on any atom is 0.254 e. The molecule has 0 spiro atoms. The molecule has 2 aromatic rings. The van der Waals surface area contributed by atoms with Crippen LogP contribution in [0.1, 0.15) is 36.0 Å². The van der Waals surface area contributed by atoms with Crippen LogP contribution in [0.5, 0.6) is 0 Å². The SMILES string of the molecule is CN(CCC1CCCCN1)C(=O)c1cccc2ccccc12. The van der Waals surface area contributed by atoms with E-state index in [1.807, 2.05) is 42.3 Å². The number of hydrogen-bond donors (Lipinski definition) is 1. The molecule has 3 rings (SSSR count). The summed E-state index contributed by atoms with van der Waals surface area (Å²) in [4.78, 5) is 14.6. The van der Waals surface area contributed by atoms with E-state index in [9.17, 15) is 4.79 Å². The summed E-state index contributed by atoms with van der Waals surface area (Å²) in [5.74, 6) is 0.118. The van der Waals surface area contributed by atoms with Gasteiger partial charge in [0, 0.05) is 25.2 Å². The first-order valence-corrected chi connectivity index (χ1v) is 8.22. The Bertz CT molecular complexity index is 641. The average Bonchev–Trinajstić information content (AvgIpc) is 2.59. The maximum atomic E-state index is 12.7. The molecule has 1 N–H and O–H groups in total. The molecule has 0 saturated carbocycles. The molecule has 22 heavy (non-hydrogen) atoms. The molecule has 3 heteroatoms. The van der Waals surface area contributed by atoms with E-state index in [2.05, 4.69) is 17.4 Å². The first kappa shape index (κ1) is 15.0. The summed E-state index contributed by atoms with van der Waals surface area (Å²) in [7, 11) is 1.91. The molecule has 1 saturated heterocycles. The van der Waals surface area contributed by atoms with E-state index in [1.54, 1.807) is 0 Å². The summed E-state index contributed by atoms with van der Waals surface area (Å²) < 4.78 is 0. The van der Waals surface area contributed by atoms with Crippen molar-refractivity contribution in [1.82, 2.24) is 10.2 Å². The van der Waals surface area contributed by atoms with Crippen LogP contribution in [0.15, 0.2) is 42.5 Å². The number of rotatable bonds is 4. The van der Waals surface area contributed by atoms with Gasteiger partial charge in [-0.2, -0.15) is 0 Å². The van der Waals surface area contributed by atoms with Crippen molar-refractivity contribution >= 4 is 16.7 Å². The van der Waals surface area contributed by atoms with Crippen LogP contribution in [0.2, 0.25) is 0 Å². The fourth-order valence-electron chi connectivity index (χ4n) is 3.24. The molecule has 0 radical (unpaired) electrons. The van der Waals surface area contributed by atoms with Gasteiger partial charge in [0.1, 0.15) is 0 Å². The van der Waals surface area contributed by atoms with Gasteiger partial charge in [0.2, 0.25) is 0 Å². The smallest absolute Gasteiger partial charge is 0.254 e. The lowest BCUT2D eigenvalue weighted by atomic mass is 10.0. The lowest BCUT2D eigenvalue weighted by Gasteiger charge is -2.26. The minimum Gasteiger partial charge on any atom is -0.342 e. The monoisotopic (exact) mass is 296 g/mol. The van der Waals surface area contributed by atoms with E-state index in [1.165, 1.54) is 19.3 Å². The Balaban J connectivity index is 1.69. The van der Waals surface area contributed by atoms with Crippen LogP contribution in [0.3, 0.4) is 0 Å². The van der Waals surface area contributed by atoms with Gasteiger partial charge < -0.3 is 10.2 Å². The number of nitrogens with one attached hydrogen (secondary N) is 1. The van der Waals surface area contributed by atoms with Crippen molar-refractivity contribution in [3.8, 4) is 0 Å². The average molecular weight is 296 g/mol. The molecule has 0 aliphatic carbocycles. The summed E-state index contributed by atoms with van der Waals surface area (Å²) in [6.45, 7) is 1.92. The lowest BCUT2D eigenvalue weighted by Crippen LogP contribution is -2.38. The van der Waals surface area contributed by atoms with Crippen molar-refractivity contribution in [3.05, 3.63) is 48.0 Å². The van der Waals surface area contributed by atoms with Crippen molar-refractivity contribution in [2.45, 2.75) is 31.7 Å². The Hall–Kier alpha value is -1.87. The molecule has 116 valence electrons. The third-order valence-corrected chi connectivity index (χ3v) is 4.59. The van der Waals surface area contributed by atoms with Crippen LogP contribution >= 0.6 is 0 Å². The van der Waals surface area contributed by atoms with Crippen LogP contribution in [0, 0.1) is 0 Å². The third-order valence-electron chi connectivity index (χ3n) is 4.59. The van der Waals surface area contributed by atoms with E-state index in [0.29, 0.717) is 6.04 Å². The molecular formula is C19H24N2O. The second-order valence-corrected chi connectivity index (χ2v) is 6.19. The molecule has 1 heterocycles. The number of carbonyl (C=O) groups is 1. The zero-order valence-corrected chi connectivity index (χ0v) is 13.2. The Morgan fingerprint density at radius 3 is 2.82 bits per heavy atom. The Kier molecular flexibility index (Phi) is 4.74. The molecule has 1 aliphatic rings. The second-order valence-electron chi connectivity index (χ2n) is 6.19. The normalized spacial score (nSPS) is 18.3. The van der Waals surface area contributed by atoms with Crippen molar-refractivity contribution in [2.24, 2.45) is 0 Å². The summed E-state index contributed by atoms with van der Waals surface area (Å²) in [5.41, 5.74) is 0.803. The van der Waals surface area contributed by atoms with Gasteiger partial charge in [-0.3, -0.25) is 4.79 Å². The van der Waals surface area contributed by atoms with E-state index in [0.717, 1.165) is 35.8 Å². The topological polar surface area (TPSA) is 32.3 Å². The standard InChI is InChI=1S/C19H24N2O/c1-21(14-12-16-9-4-5-13-20-16)19(22)18-11-6-8-15-7-2-3-10-17(15)18/h2-3,6-8,10-11,16,20H,4-5,9,12-14H2,1H3. The van der Waals surface area contributed by atoms with Gasteiger partial charge in [-0.05, 0) is 42.6 Å². The summed E-state index contributed by atoms with van der Waals surface area (Å²) in [5, 5.41) is 5.71. The highest BCUT2D eigenvalue weighted by molar-refractivity contribution is 6.06. The summed E-state index contributed by atoms with van der Waals surface area (Å²) in [6, 6.07) is 14.6. The van der Waals surface area contributed by atoms with Gasteiger partial charge in [0.15, 0.2) is 0 Å². The highest BCUT2D eigenvalue weighted by Gasteiger charge is 2.17. The minimum absolute atomic E-state index is 0.118. The number of fused-ring (bicyclic) bond motifs is 1. The van der Waals surface area contributed by atoms with Crippen LogP contribution in [-0.4, -0.2) is 37.0 Å². The predicted molar refractivity (Wildman–Crippen MR) is 91.2 cm³/mol. The Morgan fingerprint density at radius 2 is 2.00 bits per heavy atom. The zero-order chi connectivity index (χ0) is 15.4. The molecule has 2 aromatic carbocycles. The molecule has 1 amide bonds. The van der Waals surface area contributed by atoms with E-state index < -0.39 is 0 Å². The molecule has 0 aromatic heterocycles. The fourth-order valence-corrected chi connectivity index (χ4v) is 3.24. The molecule has 0 bridgehead atoms. The zero-order valence-electron chi connectivity index (χ0n) is 13.2. The highest BCUT2D eigenvalue weighted by atomic mass is 16.2. The quantitative estimate of drug-likeness (QED) is 0.937. The molecule has 1 unspecified atom stereocenters. The number of piperidine rings is 1. The number of benzene rings is 2. The lowest BCUT2D eigenvalue weighted by molar-refractivity contribution is 0.0790. The van der Waals surface area contributed by atoms with Crippen molar-refractivity contribution < 1.29 is 4.79 Å². The van der Waals surface area contributed by atoms with Crippen LogP contribution in [-0.2, 0) is 0 Å². The van der Waals surface area contributed by atoms with Gasteiger partial charge in [0.05, 0.1) is 0 Å². The van der Waals surface area contributed by atoms with Crippen LogP contribution < -0.4 is 5.32 Å². The fraction of sp³-hybridized carbons (Fsp3) is 0.421. The van der Waals surface area contributed by atoms with Gasteiger partial charge in [-0.25, -0.2) is 0 Å². The molecule has 3 nitrogen and oxygen atoms in total. The Labute approximate surface area is 132 Å². The largest absolute Gasteiger partial charge is 0.342 e. The molecular weight excluding hydrogens is 272 g/mol. The highest BCUT2D eigenvalue weighted by Crippen LogP contribution is 2.20. The van der Waals surface area contributed by atoms with E-state index in [4.69, 9.17) is 0 Å². The predicted octanol–water partition coefficient (Wildman–Crippen LogP) is 3.44. The van der Waals surface area contributed by atoms with Gasteiger partial charge in [-0.15, -0.1) is 0 Å². The number of hydrogen-bond acceptors (Lipinski definition) is 2. The number of nitrogens with zero attached hydrogens (tertiary/aromatic N) is 1. The summed E-state index contributed by atoms with van der Waals surface area (Å²) >= 11 is 0. The van der Waals surface area contributed by atoms with Gasteiger partial charge in [-0.1, -0.05) is 42.8 Å². The molecule has 1 aliphatic heterocycles. The van der Waals surface area contributed by atoms with Crippen molar-refractivity contribution in [1.29, 1.82) is 0 Å². The second kappa shape index (κ2) is 6.93. The minimum atomic E-state index is 0.118. The van der Waals surface area contributed by atoms with Crippen LogP contribution in [0.4, 0.5) is 0 Å². The summed E-state index contributed by atoms with van der Waals surface area (Å²) in [6.07, 6.45) is 4.85. The third kappa shape index (κ3) is 3.30. The van der Waals surface area contributed by atoms with Crippen LogP contribution in [0.25, 0.3) is 10.8 Å². The van der Waals surface area contributed by atoms with E-state index >= 15 is 0 Å². The Morgan fingerprint density at radius 1 is 1.18 bits per heavy atom. The van der Waals surface area contributed by atoms with Gasteiger partial charge in [0.25, 0.3) is 5.91 Å². The molecule has 1 fully saturated rings. The van der Waals surface area contributed by atoms with Crippen molar-refractivity contribution in [2.75, 3.05) is 20.1 Å². The maximum absolute atomic E-state index is 12.7. The number of amides is 1.